The van der Waals surface area contributed by atoms with Crippen LogP contribution in [0.5, 0.6) is 5.75 Å². The number of piperazine rings is 2. The van der Waals surface area contributed by atoms with Crippen LogP contribution in [0.4, 0.5) is 17.5 Å². The van der Waals surface area contributed by atoms with Gasteiger partial charge in [-0.2, -0.15) is 4.98 Å². The first-order valence-corrected chi connectivity index (χ1v) is 16.6. The second kappa shape index (κ2) is 14.2. The lowest BCUT2D eigenvalue weighted by molar-refractivity contribution is 0.0512. The highest BCUT2D eigenvalue weighted by molar-refractivity contribution is 5.95. The summed E-state index contributed by atoms with van der Waals surface area (Å²) in [5.41, 5.74) is 4.92. The van der Waals surface area contributed by atoms with Crippen molar-refractivity contribution in [3.05, 3.63) is 83.6 Å². The van der Waals surface area contributed by atoms with E-state index in [2.05, 4.69) is 91.2 Å². The highest BCUT2D eigenvalue weighted by Gasteiger charge is 2.30. The minimum Gasteiger partial charge on any atom is -0.467 e. The van der Waals surface area contributed by atoms with Crippen LogP contribution in [0.3, 0.4) is 0 Å². The molecule has 0 spiro atoms. The number of aromatic nitrogens is 2. The van der Waals surface area contributed by atoms with Crippen molar-refractivity contribution in [3.8, 4) is 5.75 Å². The van der Waals surface area contributed by atoms with Gasteiger partial charge in [0.2, 0.25) is 5.95 Å². The summed E-state index contributed by atoms with van der Waals surface area (Å²) in [5.74, 6) is 2.74. The number of nitrogens with zero attached hydrogens (tertiary/aromatic N) is 7. The van der Waals surface area contributed by atoms with E-state index in [0.717, 1.165) is 106 Å². The fourth-order valence-electron chi connectivity index (χ4n) is 7.01. The Morgan fingerprint density at radius 1 is 0.761 bits per heavy atom. The zero-order valence-electron chi connectivity index (χ0n) is 26.9. The highest BCUT2D eigenvalue weighted by Crippen LogP contribution is 2.37. The topological polar surface area (TPSA) is 80.7 Å². The maximum Gasteiger partial charge on any atom is 0.227 e. The molecule has 46 heavy (non-hydrogen) atoms. The minimum absolute atomic E-state index is 0.192. The number of benzene rings is 3. The first-order chi connectivity index (χ1) is 22.7. The van der Waals surface area contributed by atoms with Crippen LogP contribution >= 0.6 is 0 Å². The first-order valence-electron chi connectivity index (χ1n) is 16.6. The normalized spacial score (nSPS) is 17.8. The van der Waals surface area contributed by atoms with Crippen LogP contribution in [0, 0.1) is 0 Å². The molecule has 7 rings (SSSR count). The van der Waals surface area contributed by atoms with Crippen LogP contribution in [0.25, 0.3) is 10.8 Å². The molecule has 0 aliphatic carbocycles. The number of aliphatic hydroxyl groups excluding tert-OH is 1. The van der Waals surface area contributed by atoms with Gasteiger partial charge < -0.3 is 29.3 Å². The second-order valence-corrected chi connectivity index (χ2v) is 12.5. The van der Waals surface area contributed by atoms with Gasteiger partial charge in [-0.05, 0) is 23.4 Å². The SMILES string of the molecule is COCOc1cc(N2CCc3c(nc(N4CCN(CCO)CC4)nc3N3CCN(Cc4ccccc4)CC3)C2)c2ccccc2c1. The number of methoxy groups -OCH3 is 1. The smallest absolute Gasteiger partial charge is 0.227 e. The monoisotopic (exact) mass is 623 g/mol. The molecule has 3 aliphatic rings. The molecule has 3 aromatic carbocycles. The molecule has 0 bridgehead atoms. The molecular weight excluding hydrogens is 578 g/mol. The molecule has 3 aliphatic heterocycles. The molecular formula is C36H45N7O3. The lowest BCUT2D eigenvalue weighted by Crippen LogP contribution is -2.49. The third-order valence-electron chi connectivity index (χ3n) is 9.52. The van der Waals surface area contributed by atoms with E-state index in [1.54, 1.807) is 7.11 Å². The van der Waals surface area contributed by atoms with Crippen molar-refractivity contribution in [2.45, 2.75) is 19.5 Å². The van der Waals surface area contributed by atoms with Gasteiger partial charge in [-0.3, -0.25) is 9.80 Å². The fraction of sp³-hybridized carbons (Fsp3) is 0.444. The Kier molecular flexibility index (Phi) is 9.48. The Bertz CT molecular complexity index is 1600. The number of hydrogen-bond acceptors (Lipinski definition) is 10. The van der Waals surface area contributed by atoms with Crippen LogP contribution in [0.1, 0.15) is 16.8 Å². The van der Waals surface area contributed by atoms with E-state index < -0.39 is 0 Å². The predicted octanol–water partition coefficient (Wildman–Crippen LogP) is 3.61. The predicted molar refractivity (Wildman–Crippen MR) is 183 cm³/mol. The molecule has 0 unspecified atom stereocenters. The minimum atomic E-state index is 0.192. The number of ether oxygens (including phenoxy) is 2. The quantitative estimate of drug-likeness (QED) is 0.265. The summed E-state index contributed by atoms with van der Waals surface area (Å²) < 4.78 is 11.1. The van der Waals surface area contributed by atoms with Gasteiger partial charge in [0, 0.05) is 102 Å². The van der Waals surface area contributed by atoms with Crippen molar-refractivity contribution in [3.63, 3.8) is 0 Å². The summed E-state index contributed by atoms with van der Waals surface area (Å²) in [6.07, 6.45) is 0.886. The Hall–Kier alpha value is -3.96. The van der Waals surface area contributed by atoms with Gasteiger partial charge in [0.05, 0.1) is 18.8 Å². The lowest BCUT2D eigenvalue weighted by Gasteiger charge is -2.40. The number of rotatable bonds is 10. The van der Waals surface area contributed by atoms with Gasteiger partial charge in [0.15, 0.2) is 6.79 Å². The largest absolute Gasteiger partial charge is 0.467 e. The summed E-state index contributed by atoms with van der Waals surface area (Å²) >= 11 is 0. The maximum atomic E-state index is 9.45. The van der Waals surface area contributed by atoms with Crippen LogP contribution in [0.2, 0.25) is 0 Å². The molecule has 4 heterocycles. The Morgan fingerprint density at radius 3 is 2.28 bits per heavy atom. The van der Waals surface area contributed by atoms with E-state index in [-0.39, 0.29) is 13.4 Å². The molecule has 1 aromatic heterocycles. The van der Waals surface area contributed by atoms with Gasteiger partial charge in [-0.25, -0.2) is 4.98 Å². The molecule has 0 amide bonds. The molecule has 4 aromatic rings. The fourth-order valence-corrected chi connectivity index (χ4v) is 7.01. The van der Waals surface area contributed by atoms with Gasteiger partial charge >= 0.3 is 0 Å². The highest BCUT2D eigenvalue weighted by atomic mass is 16.7. The molecule has 0 atom stereocenters. The summed E-state index contributed by atoms with van der Waals surface area (Å²) in [7, 11) is 1.65. The van der Waals surface area contributed by atoms with Crippen LogP contribution in [-0.2, 0) is 24.2 Å². The molecule has 0 radical (unpaired) electrons. The molecule has 10 heteroatoms. The van der Waals surface area contributed by atoms with Crippen molar-refractivity contribution in [1.29, 1.82) is 0 Å². The van der Waals surface area contributed by atoms with Gasteiger partial charge in [0.1, 0.15) is 11.6 Å². The first kappa shape index (κ1) is 30.7. The Morgan fingerprint density at radius 2 is 1.50 bits per heavy atom. The van der Waals surface area contributed by atoms with Crippen molar-refractivity contribution in [2.24, 2.45) is 0 Å². The van der Waals surface area contributed by atoms with Crippen LogP contribution in [-0.4, -0.2) is 111 Å². The number of anilines is 3. The molecule has 2 fully saturated rings. The zero-order valence-corrected chi connectivity index (χ0v) is 26.9. The van der Waals surface area contributed by atoms with E-state index in [1.165, 1.54) is 16.5 Å². The van der Waals surface area contributed by atoms with Crippen molar-refractivity contribution in [1.82, 2.24) is 19.8 Å². The van der Waals surface area contributed by atoms with E-state index >= 15 is 0 Å². The van der Waals surface area contributed by atoms with Gasteiger partial charge in [-0.1, -0.05) is 54.6 Å². The van der Waals surface area contributed by atoms with Crippen LogP contribution in [0.15, 0.2) is 66.7 Å². The standard InChI is InChI=1S/C36H45N7O3/c1-45-27-46-30-23-29-9-5-6-10-31(29)34(24-30)43-12-11-32-33(26-43)37-36(42-19-13-39(14-20-42)21-22-44)38-35(32)41-17-15-40(16-18-41)25-28-7-3-2-4-8-28/h2-10,23-24,44H,11-22,25-27H2,1H3. The zero-order chi connectivity index (χ0) is 31.3. The van der Waals surface area contributed by atoms with E-state index in [1.807, 2.05) is 0 Å². The average Bonchev–Trinajstić information content (AvgIpc) is 3.11. The van der Waals surface area contributed by atoms with Crippen molar-refractivity contribution < 1.29 is 14.6 Å². The number of fused-ring (bicyclic) bond motifs is 2. The van der Waals surface area contributed by atoms with E-state index in [4.69, 9.17) is 19.4 Å². The second-order valence-electron chi connectivity index (χ2n) is 12.5. The molecule has 242 valence electrons. The average molecular weight is 624 g/mol. The van der Waals surface area contributed by atoms with Gasteiger partial charge in [-0.15, -0.1) is 0 Å². The van der Waals surface area contributed by atoms with Crippen LogP contribution < -0.4 is 19.4 Å². The number of β-amino-alcohol motifs (C(OH)–C–C–N with tert-alkyl or cyclic N) is 1. The van der Waals surface area contributed by atoms with Crippen molar-refractivity contribution >= 4 is 28.2 Å². The Balaban J connectivity index is 1.17. The lowest BCUT2D eigenvalue weighted by atomic mass is 10.0. The summed E-state index contributed by atoms with van der Waals surface area (Å²) in [6, 6.07) is 23.5. The number of hydrogen-bond donors (Lipinski definition) is 1. The van der Waals surface area contributed by atoms with E-state index in [9.17, 15) is 5.11 Å². The molecule has 0 saturated carbocycles. The Labute approximate surface area is 271 Å². The molecule has 2 saturated heterocycles. The van der Waals surface area contributed by atoms with Gasteiger partial charge in [0.25, 0.3) is 0 Å². The summed E-state index contributed by atoms with van der Waals surface area (Å²) in [4.78, 5) is 22.7. The third-order valence-corrected chi connectivity index (χ3v) is 9.52. The van der Waals surface area contributed by atoms with E-state index in [0.29, 0.717) is 13.1 Å². The maximum absolute atomic E-state index is 9.45. The summed E-state index contributed by atoms with van der Waals surface area (Å²) in [6.45, 7) is 11.1. The molecule has 1 N–H and O–H groups in total. The summed E-state index contributed by atoms with van der Waals surface area (Å²) in [5, 5.41) is 11.8. The van der Waals surface area contributed by atoms with Crippen molar-refractivity contribution in [2.75, 3.05) is 101 Å². The molecule has 10 nitrogen and oxygen atoms in total. The number of aliphatic hydroxyl groups is 1. The third kappa shape index (κ3) is 6.76.